The zero-order valence-corrected chi connectivity index (χ0v) is 10.2. The first kappa shape index (κ1) is 11.2. The van der Waals surface area contributed by atoms with Crippen molar-refractivity contribution in [3.8, 4) is 0 Å². The summed E-state index contributed by atoms with van der Waals surface area (Å²) in [4.78, 5) is 0. The van der Waals surface area contributed by atoms with Gasteiger partial charge in [-0.25, -0.2) is 0 Å². The van der Waals surface area contributed by atoms with E-state index in [1.54, 1.807) is 0 Å². The summed E-state index contributed by atoms with van der Waals surface area (Å²) >= 11 is 1.33. The molecule has 1 aromatic heterocycles. The molecule has 1 unspecified atom stereocenters. The maximum absolute atomic E-state index is 6.09. The van der Waals surface area contributed by atoms with Crippen LogP contribution in [0.2, 0.25) is 0 Å². The molecule has 0 aliphatic heterocycles. The van der Waals surface area contributed by atoms with Gasteiger partial charge in [0.05, 0.1) is 11.7 Å². The van der Waals surface area contributed by atoms with E-state index in [4.69, 9.17) is 5.73 Å². The molecule has 0 radical (unpaired) electrons. The Labute approximate surface area is 99.5 Å². The summed E-state index contributed by atoms with van der Waals surface area (Å²) in [6, 6.07) is 8.22. The number of aromatic nitrogens is 2. The second kappa shape index (κ2) is 4.72. The van der Waals surface area contributed by atoms with E-state index >= 15 is 0 Å². The largest absolute Gasteiger partial charge is 0.319 e. The molecule has 0 saturated heterocycles. The van der Waals surface area contributed by atoms with Crippen LogP contribution in [0.25, 0.3) is 0 Å². The molecule has 3 nitrogen and oxygen atoms in total. The average Bonchev–Trinajstić information content (AvgIpc) is 2.81. The zero-order valence-electron chi connectivity index (χ0n) is 9.42. The Morgan fingerprint density at radius 3 is 2.25 bits per heavy atom. The fourth-order valence-electron chi connectivity index (χ4n) is 1.57. The average molecular weight is 233 g/mol. The SMILES string of the molecule is CC(C)c1ccc(C(N)c2csnn2)cc1. The molecule has 0 aliphatic carbocycles. The van der Waals surface area contributed by atoms with E-state index in [0.29, 0.717) is 5.92 Å². The van der Waals surface area contributed by atoms with Crippen LogP contribution in [0.1, 0.15) is 42.6 Å². The molecule has 4 heteroatoms. The third-order valence-electron chi connectivity index (χ3n) is 2.66. The van der Waals surface area contributed by atoms with Gasteiger partial charge in [-0.05, 0) is 28.6 Å². The lowest BCUT2D eigenvalue weighted by Crippen LogP contribution is -2.12. The second-order valence-corrected chi connectivity index (χ2v) is 4.74. The Morgan fingerprint density at radius 1 is 1.12 bits per heavy atom. The van der Waals surface area contributed by atoms with Crippen LogP contribution in [0.15, 0.2) is 29.6 Å². The summed E-state index contributed by atoms with van der Waals surface area (Å²) in [6.45, 7) is 4.36. The van der Waals surface area contributed by atoms with Gasteiger partial charge in [0.15, 0.2) is 0 Å². The highest BCUT2D eigenvalue weighted by molar-refractivity contribution is 7.03. The van der Waals surface area contributed by atoms with Crippen LogP contribution in [0.5, 0.6) is 0 Å². The third kappa shape index (κ3) is 2.28. The fourth-order valence-corrected chi connectivity index (χ4v) is 2.06. The van der Waals surface area contributed by atoms with E-state index in [2.05, 4.69) is 47.7 Å². The third-order valence-corrected chi connectivity index (χ3v) is 3.18. The summed E-state index contributed by atoms with van der Waals surface area (Å²) in [5.74, 6) is 0.547. The molecule has 0 amide bonds. The lowest BCUT2D eigenvalue weighted by atomic mass is 9.98. The maximum Gasteiger partial charge on any atom is 0.0967 e. The Balaban J connectivity index is 2.22. The first-order chi connectivity index (χ1) is 7.68. The first-order valence-electron chi connectivity index (χ1n) is 5.31. The van der Waals surface area contributed by atoms with Gasteiger partial charge in [-0.15, -0.1) is 5.10 Å². The van der Waals surface area contributed by atoms with Crippen LogP contribution >= 0.6 is 11.5 Å². The van der Waals surface area contributed by atoms with Gasteiger partial charge in [0.1, 0.15) is 0 Å². The Bertz CT molecular complexity index is 434. The number of hydrogen-bond acceptors (Lipinski definition) is 4. The molecule has 0 spiro atoms. The summed E-state index contributed by atoms with van der Waals surface area (Å²) in [7, 11) is 0. The number of benzene rings is 1. The van der Waals surface area contributed by atoms with Crippen molar-refractivity contribution >= 4 is 11.5 Å². The molecule has 0 aliphatic rings. The minimum Gasteiger partial charge on any atom is -0.319 e. The van der Waals surface area contributed by atoms with Crippen molar-refractivity contribution < 1.29 is 0 Å². The smallest absolute Gasteiger partial charge is 0.0967 e. The molecular weight excluding hydrogens is 218 g/mol. The van der Waals surface area contributed by atoms with E-state index in [0.717, 1.165) is 11.3 Å². The van der Waals surface area contributed by atoms with E-state index in [-0.39, 0.29) is 6.04 Å². The standard InChI is InChI=1S/C12H15N3S/c1-8(2)9-3-5-10(6-4-9)12(13)11-7-16-15-14-11/h3-8,12H,13H2,1-2H3. The van der Waals surface area contributed by atoms with Gasteiger partial charge in [0, 0.05) is 5.38 Å². The van der Waals surface area contributed by atoms with Gasteiger partial charge >= 0.3 is 0 Å². The lowest BCUT2D eigenvalue weighted by molar-refractivity contribution is 0.812. The van der Waals surface area contributed by atoms with Gasteiger partial charge in [0.25, 0.3) is 0 Å². The highest BCUT2D eigenvalue weighted by Crippen LogP contribution is 2.21. The number of nitrogens with two attached hydrogens (primary N) is 1. The van der Waals surface area contributed by atoms with Gasteiger partial charge in [-0.1, -0.05) is 42.6 Å². The van der Waals surface area contributed by atoms with E-state index in [9.17, 15) is 0 Å². The molecule has 1 aromatic carbocycles. The predicted molar refractivity (Wildman–Crippen MR) is 66.5 cm³/mol. The summed E-state index contributed by atoms with van der Waals surface area (Å²) in [5, 5.41) is 5.88. The Hall–Kier alpha value is -1.26. The van der Waals surface area contributed by atoms with Crippen molar-refractivity contribution in [2.24, 2.45) is 5.73 Å². The monoisotopic (exact) mass is 233 g/mol. The normalized spacial score (nSPS) is 13.0. The van der Waals surface area contributed by atoms with Crippen molar-refractivity contribution in [1.82, 2.24) is 9.59 Å². The Kier molecular flexibility index (Phi) is 3.31. The van der Waals surface area contributed by atoms with Crippen LogP contribution < -0.4 is 5.73 Å². The van der Waals surface area contributed by atoms with Gasteiger partial charge < -0.3 is 5.73 Å². The molecule has 0 fully saturated rings. The maximum atomic E-state index is 6.09. The second-order valence-electron chi connectivity index (χ2n) is 4.13. The van der Waals surface area contributed by atoms with Crippen molar-refractivity contribution in [1.29, 1.82) is 0 Å². The molecule has 2 N–H and O–H groups in total. The highest BCUT2D eigenvalue weighted by atomic mass is 32.1. The predicted octanol–water partition coefficient (Wildman–Crippen LogP) is 2.71. The van der Waals surface area contributed by atoms with Crippen LogP contribution in [-0.2, 0) is 0 Å². The molecule has 0 bridgehead atoms. The van der Waals surface area contributed by atoms with Crippen molar-refractivity contribution in [3.05, 3.63) is 46.5 Å². The summed E-state index contributed by atoms with van der Waals surface area (Å²) in [5.41, 5.74) is 9.33. The number of nitrogens with zero attached hydrogens (tertiary/aromatic N) is 2. The fraction of sp³-hybridized carbons (Fsp3) is 0.333. The highest BCUT2D eigenvalue weighted by Gasteiger charge is 2.11. The molecule has 16 heavy (non-hydrogen) atoms. The minimum absolute atomic E-state index is 0.167. The molecule has 2 aromatic rings. The lowest BCUT2D eigenvalue weighted by Gasteiger charge is -2.11. The molecule has 1 heterocycles. The Morgan fingerprint density at radius 2 is 1.75 bits per heavy atom. The quantitative estimate of drug-likeness (QED) is 0.886. The van der Waals surface area contributed by atoms with Crippen LogP contribution in [0.3, 0.4) is 0 Å². The number of hydrogen-bond donors (Lipinski definition) is 1. The minimum atomic E-state index is -0.167. The van der Waals surface area contributed by atoms with Crippen LogP contribution in [-0.4, -0.2) is 9.59 Å². The van der Waals surface area contributed by atoms with Crippen LogP contribution in [0, 0.1) is 0 Å². The number of rotatable bonds is 3. The first-order valence-corrected chi connectivity index (χ1v) is 6.14. The molecular formula is C12H15N3S. The van der Waals surface area contributed by atoms with Crippen molar-refractivity contribution in [3.63, 3.8) is 0 Å². The molecule has 1 atom stereocenters. The summed E-state index contributed by atoms with van der Waals surface area (Å²) in [6.07, 6.45) is 0. The van der Waals surface area contributed by atoms with Gasteiger partial charge in [-0.2, -0.15) is 0 Å². The summed E-state index contributed by atoms with van der Waals surface area (Å²) < 4.78 is 3.83. The molecule has 2 rings (SSSR count). The van der Waals surface area contributed by atoms with Crippen molar-refractivity contribution in [2.45, 2.75) is 25.8 Å². The molecule has 0 saturated carbocycles. The van der Waals surface area contributed by atoms with Gasteiger partial charge in [0.2, 0.25) is 0 Å². The van der Waals surface area contributed by atoms with Crippen LogP contribution in [0.4, 0.5) is 0 Å². The topological polar surface area (TPSA) is 51.8 Å². The van der Waals surface area contributed by atoms with E-state index in [1.165, 1.54) is 17.1 Å². The van der Waals surface area contributed by atoms with E-state index in [1.807, 2.05) is 5.38 Å². The zero-order chi connectivity index (χ0) is 11.5. The van der Waals surface area contributed by atoms with E-state index < -0.39 is 0 Å². The molecule has 84 valence electrons. The van der Waals surface area contributed by atoms with Crippen molar-refractivity contribution in [2.75, 3.05) is 0 Å². The van der Waals surface area contributed by atoms with Gasteiger partial charge in [-0.3, -0.25) is 0 Å².